The first-order valence-corrected chi connectivity index (χ1v) is 9.52. The summed E-state index contributed by atoms with van der Waals surface area (Å²) in [5.74, 6) is -0.912. The van der Waals surface area contributed by atoms with Gasteiger partial charge in [-0.2, -0.15) is 0 Å². The molecule has 1 amide bonds. The number of rotatable bonds is 4. The molecule has 1 N–H and O–H groups in total. The van der Waals surface area contributed by atoms with Crippen LogP contribution in [0.4, 0.5) is 0 Å². The van der Waals surface area contributed by atoms with Gasteiger partial charge in [0.05, 0.1) is 6.10 Å². The molecule has 0 unspecified atom stereocenters. The van der Waals surface area contributed by atoms with E-state index in [2.05, 4.69) is 39.2 Å². The Kier molecular flexibility index (Phi) is 4.46. The maximum Gasteiger partial charge on any atom is 0.304 e. The molecule has 0 aromatic heterocycles. The lowest BCUT2D eigenvalue weighted by atomic mass is 9.93. The van der Waals surface area contributed by atoms with Crippen LogP contribution in [0.1, 0.15) is 34.6 Å². The quantitative estimate of drug-likeness (QED) is 0.488. The van der Waals surface area contributed by atoms with Crippen molar-refractivity contribution in [2.24, 2.45) is 5.92 Å². The Hall–Kier alpha value is -0.883. The molecule has 0 radical (unpaired) electrons. The number of amides is 1. The molecule has 1 rings (SSSR count). The predicted octanol–water partition coefficient (Wildman–Crippen LogP) is 2.03. The van der Waals surface area contributed by atoms with Crippen LogP contribution in [0.2, 0.25) is 18.1 Å². The fourth-order valence-electron chi connectivity index (χ4n) is 1.82. The average Bonchev–Trinajstić information content (AvgIpc) is 2.12. The van der Waals surface area contributed by atoms with Gasteiger partial charge >= 0.3 is 5.97 Å². The molecule has 1 fully saturated rings. The van der Waals surface area contributed by atoms with Crippen molar-refractivity contribution in [2.75, 3.05) is 0 Å². The highest BCUT2D eigenvalue weighted by atomic mass is 28.4. The molecule has 6 heteroatoms. The van der Waals surface area contributed by atoms with E-state index in [0.29, 0.717) is 0 Å². The zero-order valence-electron chi connectivity index (χ0n) is 12.9. The van der Waals surface area contributed by atoms with Gasteiger partial charge in [-0.25, -0.2) is 0 Å². The SMILES string of the molecule is CC(=O)O[C@H]1NC(=O)[C@H]1[C@H](C)O[Si](C)(C)C(C)(C)C. The molecule has 0 saturated carbocycles. The standard InChI is InChI=1S/C13H25NO4Si/c1-8(18-19(6,7)13(3,4)5)10-11(16)14-12(10)17-9(2)15/h8,10,12H,1-7H3,(H,14,16)/t8-,10+,12+/m0/s1. The van der Waals surface area contributed by atoms with Gasteiger partial charge in [-0.15, -0.1) is 0 Å². The Labute approximate surface area is 116 Å². The second-order valence-corrected chi connectivity index (χ2v) is 11.4. The summed E-state index contributed by atoms with van der Waals surface area (Å²) in [7, 11) is -1.93. The smallest absolute Gasteiger partial charge is 0.304 e. The lowest BCUT2D eigenvalue weighted by molar-refractivity contribution is -0.173. The molecular weight excluding hydrogens is 262 g/mol. The van der Waals surface area contributed by atoms with E-state index in [0.717, 1.165) is 0 Å². The van der Waals surface area contributed by atoms with E-state index in [4.69, 9.17) is 9.16 Å². The maximum atomic E-state index is 11.6. The highest BCUT2D eigenvalue weighted by molar-refractivity contribution is 6.74. The molecule has 19 heavy (non-hydrogen) atoms. The molecule has 0 aromatic carbocycles. The first-order chi connectivity index (χ1) is 8.45. The Morgan fingerprint density at radius 1 is 1.37 bits per heavy atom. The summed E-state index contributed by atoms with van der Waals surface area (Å²) in [6.07, 6.45) is -0.802. The number of esters is 1. The lowest BCUT2D eigenvalue weighted by Gasteiger charge is -2.44. The Morgan fingerprint density at radius 2 is 1.89 bits per heavy atom. The molecule has 1 heterocycles. The van der Waals surface area contributed by atoms with Crippen molar-refractivity contribution in [1.82, 2.24) is 5.32 Å². The van der Waals surface area contributed by atoms with Gasteiger partial charge in [0.25, 0.3) is 0 Å². The number of nitrogens with one attached hydrogen (secondary N) is 1. The molecule has 0 bridgehead atoms. The van der Waals surface area contributed by atoms with Crippen LogP contribution in [0.3, 0.4) is 0 Å². The van der Waals surface area contributed by atoms with Gasteiger partial charge in [0.15, 0.2) is 14.5 Å². The summed E-state index contributed by atoms with van der Waals surface area (Å²) in [5.41, 5.74) is 0. The van der Waals surface area contributed by atoms with Gasteiger partial charge in [-0.1, -0.05) is 20.8 Å². The first kappa shape index (κ1) is 16.2. The monoisotopic (exact) mass is 287 g/mol. The minimum Gasteiger partial charge on any atom is -0.441 e. The molecule has 0 aliphatic carbocycles. The summed E-state index contributed by atoms with van der Waals surface area (Å²) in [6, 6.07) is 0. The molecular formula is C13H25NO4Si. The van der Waals surface area contributed by atoms with Gasteiger partial charge in [0.1, 0.15) is 5.92 Å². The minimum atomic E-state index is -1.93. The van der Waals surface area contributed by atoms with Crippen LogP contribution in [-0.2, 0) is 18.8 Å². The summed E-state index contributed by atoms with van der Waals surface area (Å²) >= 11 is 0. The highest BCUT2D eigenvalue weighted by Gasteiger charge is 2.49. The van der Waals surface area contributed by atoms with Gasteiger partial charge < -0.3 is 14.5 Å². The molecule has 1 saturated heterocycles. The van der Waals surface area contributed by atoms with Crippen LogP contribution in [0, 0.1) is 5.92 Å². The van der Waals surface area contributed by atoms with Crippen LogP contribution < -0.4 is 5.32 Å². The second-order valence-electron chi connectivity index (χ2n) is 6.65. The van der Waals surface area contributed by atoms with E-state index in [9.17, 15) is 9.59 Å². The van der Waals surface area contributed by atoms with Crippen molar-refractivity contribution in [1.29, 1.82) is 0 Å². The molecule has 1 aliphatic rings. The summed E-state index contributed by atoms with van der Waals surface area (Å²) in [4.78, 5) is 22.6. The molecule has 3 atom stereocenters. The fourth-order valence-corrected chi connectivity index (χ4v) is 3.25. The highest BCUT2D eigenvalue weighted by Crippen LogP contribution is 2.39. The molecule has 0 spiro atoms. The Balaban J connectivity index is 2.69. The summed E-state index contributed by atoms with van der Waals surface area (Å²) in [6.45, 7) is 13.9. The van der Waals surface area contributed by atoms with Gasteiger partial charge in [-0.05, 0) is 25.1 Å². The van der Waals surface area contributed by atoms with Crippen molar-refractivity contribution in [3.05, 3.63) is 0 Å². The van der Waals surface area contributed by atoms with Crippen molar-refractivity contribution >= 4 is 20.2 Å². The Morgan fingerprint density at radius 3 is 2.26 bits per heavy atom. The normalized spacial score (nSPS) is 25.3. The zero-order chi connectivity index (χ0) is 15.0. The van der Waals surface area contributed by atoms with E-state index < -0.39 is 26.4 Å². The van der Waals surface area contributed by atoms with Crippen molar-refractivity contribution in [3.8, 4) is 0 Å². The third kappa shape index (κ3) is 3.57. The van der Waals surface area contributed by atoms with Crippen molar-refractivity contribution in [3.63, 3.8) is 0 Å². The number of carbonyl (C=O) groups is 2. The molecule has 110 valence electrons. The van der Waals surface area contributed by atoms with E-state index in [1.54, 1.807) is 0 Å². The number of β-lactam (4-membered cyclic amide) rings is 1. The first-order valence-electron chi connectivity index (χ1n) is 6.61. The summed E-state index contributed by atoms with van der Waals surface area (Å²) < 4.78 is 11.2. The van der Waals surface area contributed by atoms with Crippen LogP contribution in [-0.4, -0.2) is 32.5 Å². The largest absolute Gasteiger partial charge is 0.441 e. The molecule has 1 aliphatic heterocycles. The number of carbonyl (C=O) groups excluding carboxylic acids is 2. The second kappa shape index (κ2) is 5.24. The maximum absolute atomic E-state index is 11.6. The van der Waals surface area contributed by atoms with Crippen LogP contribution in [0.15, 0.2) is 0 Å². The van der Waals surface area contributed by atoms with Gasteiger partial charge in [0.2, 0.25) is 5.91 Å². The lowest BCUT2D eigenvalue weighted by Crippen LogP contribution is -2.65. The number of hydrogen-bond donors (Lipinski definition) is 1. The van der Waals surface area contributed by atoms with Crippen LogP contribution in [0.5, 0.6) is 0 Å². The minimum absolute atomic E-state index is 0.0818. The van der Waals surface area contributed by atoms with E-state index in [1.807, 2.05) is 6.92 Å². The van der Waals surface area contributed by atoms with Crippen LogP contribution in [0.25, 0.3) is 0 Å². The van der Waals surface area contributed by atoms with Crippen molar-refractivity contribution in [2.45, 2.75) is 65.1 Å². The molecule has 5 nitrogen and oxygen atoms in total. The van der Waals surface area contributed by atoms with E-state index in [-0.39, 0.29) is 17.0 Å². The average molecular weight is 287 g/mol. The zero-order valence-corrected chi connectivity index (χ0v) is 13.9. The van der Waals surface area contributed by atoms with Crippen LogP contribution >= 0.6 is 0 Å². The van der Waals surface area contributed by atoms with Crippen molar-refractivity contribution < 1.29 is 18.8 Å². The van der Waals surface area contributed by atoms with Gasteiger partial charge in [-0.3, -0.25) is 9.59 Å². The van der Waals surface area contributed by atoms with E-state index in [1.165, 1.54) is 6.92 Å². The third-order valence-corrected chi connectivity index (χ3v) is 8.57. The molecule has 0 aromatic rings. The van der Waals surface area contributed by atoms with Gasteiger partial charge in [0, 0.05) is 6.92 Å². The third-order valence-electron chi connectivity index (χ3n) is 4.00. The fraction of sp³-hybridized carbons (Fsp3) is 0.846. The topological polar surface area (TPSA) is 64.6 Å². The summed E-state index contributed by atoms with van der Waals surface area (Å²) in [5, 5.41) is 2.66. The Bertz CT molecular complexity index is 375. The number of hydrogen-bond acceptors (Lipinski definition) is 4. The predicted molar refractivity (Wildman–Crippen MR) is 74.9 cm³/mol. The number of ether oxygens (including phenoxy) is 1. The van der Waals surface area contributed by atoms with E-state index >= 15 is 0 Å².